The molecule has 0 unspecified atom stereocenters. The number of hydrogen-bond acceptors (Lipinski definition) is 3. The van der Waals surface area contributed by atoms with Gasteiger partial charge in [0.2, 0.25) is 5.91 Å². The summed E-state index contributed by atoms with van der Waals surface area (Å²) < 4.78 is 6.23. The number of halogens is 1. The van der Waals surface area contributed by atoms with Crippen LogP contribution in [0.5, 0.6) is 0 Å². The van der Waals surface area contributed by atoms with Crippen molar-refractivity contribution in [3.05, 3.63) is 52.0 Å². The van der Waals surface area contributed by atoms with Crippen molar-refractivity contribution in [2.75, 3.05) is 13.7 Å². The highest BCUT2D eigenvalue weighted by atomic mass is 79.9. The quantitative estimate of drug-likeness (QED) is 0.600. The van der Waals surface area contributed by atoms with Gasteiger partial charge in [0.1, 0.15) is 0 Å². The number of ether oxygens (including phenoxy) is 1. The Balaban J connectivity index is 2.17. The average Bonchev–Trinajstić information content (AvgIpc) is 3.01. The summed E-state index contributed by atoms with van der Waals surface area (Å²) in [5.41, 5.74) is 2.11. The molecule has 0 aromatic heterocycles. The van der Waals surface area contributed by atoms with E-state index in [9.17, 15) is 9.59 Å². The number of carbonyl (C=O) groups is 2. The number of fused-ring (bicyclic) bond motifs is 1. The van der Waals surface area contributed by atoms with E-state index >= 15 is 0 Å². The molecule has 0 saturated carbocycles. The van der Waals surface area contributed by atoms with Crippen LogP contribution in [0.15, 0.2) is 46.5 Å². The van der Waals surface area contributed by atoms with Crippen LogP contribution in [-0.4, -0.2) is 30.4 Å². The number of hydrogen-bond donors (Lipinski definition) is 0. The molecule has 2 aliphatic rings. The standard InChI is InChI=1S/C18H18BrNO3/c1-3-23-18(22)15-13-5-4-6-14(13)17(21)20(2)16(15)11-7-9-12(19)10-8-11/h4,6-10,13-14H,3,5H2,1-2H3/t13-,14+/m0/s1. The normalized spacial score (nSPS) is 23.3. The summed E-state index contributed by atoms with van der Waals surface area (Å²) >= 11 is 3.41. The highest BCUT2D eigenvalue weighted by Gasteiger charge is 2.44. The molecular formula is C18H18BrNO3. The molecule has 0 spiro atoms. The summed E-state index contributed by atoms with van der Waals surface area (Å²) in [5, 5.41) is 0. The monoisotopic (exact) mass is 375 g/mol. The molecule has 2 atom stereocenters. The van der Waals surface area contributed by atoms with Gasteiger partial charge in [0.15, 0.2) is 0 Å². The third kappa shape index (κ3) is 2.74. The lowest BCUT2D eigenvalue weighted by atomic mass is 9.81. The fourth-order valence-electron chi connectivity index (χ4n) is 3.31. The number of allylic oxidation sites excluding steroid dienone is 1. The Kier molecular flexibility index (Phi) is 4.39. The molecule has 1 aliphatic heterocycles. The van der Waals surface area contributed by atoms with Crippen LogP contribution >= 0.6 is 15.9 Å². The van der Waals surface area contributed by atoms with Crippen LogP contribution in [0.3, 0.4) is 0 Å². The molecule has 3 rings (SSSR count). The first kappa shape index (κ1) is 16.0. The van der Waals surface area contributed by atoms with Gasteiger partial charge in [-0.1, -0.05) is 40.2 Å². The first-order valence-corrected chi connectivity index (χ1v) is 8.45. The van der Waals surface area contributed by atoms with Crippen LogP contribution < -0.4 is 0 Å². The van der Waals surface area contributed by atoms with E-state index in [0.717, 1.165) is 10.0 Å². The largest absolute Gasteiger partial charge is 0.463 e. The average molecular weight is 376 g/mol. The molecule has 0 radical (unpaired) electrons. The number of esters is 1. The molecule has 4 nitrogen and oxygen atoms in total. The van der Waals surface area contributed by atoms with Gasteiger partial charge in [-0.2, -0.15) is 0 Å². The van der Waals surface area contributed by atoms with Gasteiger partial charge in [0, 0.05) is 17.4 Å². The van der Waals surface area contributed by atoms with Crippen molar-refractivity contribution in [3.63, 3.8) is 0 Å². The zero-order valence-electron chi connectivity index (χ0n) is 13.1. The van der Waals surface area contributed by atoms with Gasteiger partial charge in [-0.3, -0.25) is 4.79 Å². The van der Waals surface area contributed by atoms with E-state index in [0.29, 0.717) is 24.3 Å². The Hall–Kier alpha value is -1.88. The van der Waals surface area contributed by atoms with Crippen molar-refractivity contribution < 1.29 is 14.3 Å². The molecule has 1 heterocycles. The van der Waals surface area contributed by atoms with Gasteiger partial charge in [0.05, 0.1) is 23.8 Å². The second-order valence-electron chi connectivity index (χ2n) is 5.68. The van der Waals surface area contributed by atoms with E-state index in [-0.39, 0.29) is 23.7 Å². The Bertz CT molecular complexity index is 705. The highest BCUT2D eigenvalue weighted by molar-refractivity contribution is 9.10. The minimum absolute atomic E-state index is 0.0229. The summed E-state index contributed by atoms with van der Waals surface area (Å²) in [6, 6.07) is 7.63. The van der Waals surface area contributed by atoms with Crippen molar-refractivity contribution in [1.82, 2.24) is 4.90 Å². The number of benzene rings is 1. The Morgan fingerprint density at radius 1 is 1.35 bits per heavy atom. The summed E-state index contributed by atoms with van der Waals surface area (Å²) in [5.74, 6) is -0.701. The maximum absolute atomic E-state index is 12.7. The highest BCUT2D eigenvalue weighted by Crippen LogP contribution is 2.43. The second-order valence-corrected chi connectivity index (χ2v) is 6.60. The lowest BCUT2D eigenvalue weighted by Crippen LogP contribution is -2.41. The first-order valence-electron chi connectivity index (χ1n) is 7.66. The fourth-order valence-corrected chi connectivity index (χ4v) is 3.57. The number of nitrogens with zero attached hydrogens (tertiary/aromatic N) is 1. The fraction of sp³-hybridized carbons (Fsp3) is 0.333. The van der Waals surface area contributed by atoms with Gasteiger partial charge in [-0.25, -0.2) is 4.79 Å². The Morgan fingerprint density at radius 3 is 2.70 bits per heavy atom. The number of amides is 1. The van der Waals surface area contributed by atoms with Crippen LogP contribution in [0, 0.1) is 11.8 Å². The van der Waals surface area contributed by atoms with Crippen molar-refractivity contribution in [2.24, 2.45) is 11.8 Å². The van der Waals surface area contributed by atoms with Crippen LogP contribution in [0.1, 0.15) is 18.9 Å². The predicted molar refractivity (Wildman–Crippen MR) is 91.2 cm³/mol. The van der Waals surface area contributed by atoms with Gasteiger partial charge < -0.3 is 9.64 Å². The van der Waals surface area contributed by atoms with E-state index in [4.69, 9.17) is 4.74 Å². The van der Waals surface area contributed by atoms with Crippen molar-refractivity contribution >= 4 is 33.5 Å². The molecule has 120 valence electrons. The van der Waals surface area contributed by atoms with Gasteiger partial charge >= 0.3 is 5.97 Å². The third-order valence-electron chi connectivity index (χ3n) is 4.36. The van der Waals surface area contributed by atoms with Crippen molar-refractivity contribution in [2.45, 2.75) is 13.3 Å². The van der Waals surface area contributed by atoms with Crippen molar-refractivity contribution in [1.29, 1.82) is 0 Å². The minimum Gasteiger partial charge on any atom is -0.463 e. The molecule has 0 saturated heterocycles. The van der Waals surface area contributed by atoms with Gasteiger partial charge in [-0.15, -0.1) is 0 Å². The Morgan fingerprint density at radius 2 is 2.04 bits per heavy atom. The molecule has 0 fully saturated rings. The second kappa shape index (κ2) is 6.32. The SMILES string of the molecule is CCOC(=O)C1=C(c2ccc(Br)cc2)N(C)C(=O)[C@@H]2C=CC[C@H]12. The van der Waals surface area contributed by atoms with Gasteiger partial charge in [-0.05, 0) is 31.0 Å². The van der Waals surface area contributed by atoms with Crippen molar-refractivity contribution in [3.8, 4) is 0 Å². The van der Waals surface area contributed by atoms with E-state index < -0.39 is 0 Å². The molecule has 1 aromatic carbocycles. The molecule has 1 amide bonds. The molecule has 1 aromatic rings. The zero-order chi connectivity index (χ0) is 16.6. The molecule has 1 aliphatic carbocycles. The van der Waals surface area contributed by atoms with E-state index in [1.165, 1.54) is 0 Å². The van der Waals surface area contributed by atoms with E-state index in [2.05, 4.69) is 15.9 Å². The molecular weight excluding hydrogens is 358 g/mol. The number of rotatable bonds is 3. The maximum Gasteiger partial charge on any atom is 0.336 e. The summed E-state index contributed by atoms with van der Waals surface area (Å²) in [4.78, 5) is 26.8. The smallest absolute Gasteiger partial charge is 0.336 e. The summed E-state index contributed by atoms with van der Waals surface area (Å²) in [7, 11) is 1.72. The molecule has 23 heavy (non-hydrogen) atoms. The third-order valence-corrected chi connectivity index (χ3v) is 4.89. The van der Waals surface area contributed by atoms with Gasteiger partial charge in [0.25, 0.3) is 0 Å². The van der Waals surface area contributed by atoms with Crippen LogP contribution in [0.2, 0.25) is 0 Å². The van der Waals surface area contributed by atoms with Crippen LogP contribution in [-0.2, 0) is 14.3 Å². The topological polar surface area (TPSA) is 46.6 Å². The lowest BCUT2D eigenvalue weighted by Gasteiger charge is -2.35. The van der Waals surface area contributed by atoms with Crippen LogP contribution in [0.4, 0.5) is 0 Å². The van der Waals surface area contributed by atoms with E-state index in [1.807, 2.05) is 36.4 Å². The predicted octanol–water partition coefficient (Wildman–Crippen LogP) is 3.39. The number of carbonyl (C=O) groups excluding carboxylic acids is 2. The molecule has 5 heteroatoms. The minimum atomic E-state index is -0.330. The lowest BCUT2D eigenvalue weighted by molar-refractivity contribution is -0.140. The maximum atomic E-state index is 12.7. The summed E-state index contributed by atoms with van der Waals surface area (Å²) in [6.07, 6.45) is 4.57. The molecule has 0 bridgehead atoms. The summed E-state index contributed by atoms with van der Waals surface area (Å²) in [6.45, 7) is 2.11. The van der Waals surface area contributed by atoms with Crippen LogP contribution in [0.25, 0.3) is 5.70 Å². The van der Waals surface area contributed by atoms with E-state index in [1.54, 1.807) is 18.9 Å². The Labute approximate surface area is 143 Å². The zero-order valence-corrected chi connectivity index (χ0v) is 14.7. The molecule has 0 N–H and O–H groups in total. The first-order chi connectivity index (χ1) is 11.0.